The van der Waals surface area contributed by atoms with Crippen LogP contribution in [0.15, 0.2) is 0 Å². The first-order chi connectivity index (χ1) is 7.62. The number of carbonyl (C=O) groups excluding carboxylic acids is 1. The van der Waals surface area contributed by atoms with Gasteiger partial charge >= 0.3 is 0 Å². The van der Waals surface area contributed by atoms with E-state index in [0.717, 1.165) is 25.7 Å². The van der Waals surface area contributed by atoms with Crippen LogP contribution in [0.2, 0.25) is 0 Å². The fraction of sp³-hybridized carbons (Fsp3) is 0.846. The third kappa shape index (κ3) is 1.76. The maximum atomic E-state index is 11.2. The van der Waals surface area contributed by atoms with Crippen molar-refractivity contribution in [3.8, 4) is 6.07 Å². The minimum atomic E-state index is -0.907. The maximum Gasteiger partial charge on any atom is 0.133 e. The highest BCUT2D eigenvalue weighted by molar-refractivity contribution is 5.79. The lowest BCUT2D eigenvalue weighted by atomic mass is 9.59. The first-order valence-electron chi connectivity index (χ1n) is 6.27. The summed E-state index contributed by atoms with van der Waals surface area (Å²) in [7, 11) is 0. The average molecular weight is 221 g/mol. The molecular weight excluding hydrogens is 202 g/mol. The van der Waals surface area contributed by atoms with Gasteiger partial charge in [0.15, 0.2) is 0 Å². The molecule has 2 fully saturated rings. The summed E-state index contributed by atoms with van der Waals surface area (Å²) in [5.74, 6) is 0.230. The summed E-state index contributed by atoms with van der Waals surface area (Å²) >= 11 is 0. The molecule has 0 aromatic rings. The van der Waals surface area contributed by atoms with Crippen LogP contribution in [-0.4, -0.2) is 16.5 Å². The van der Waals surface area contributed by atoms with Crippen LogP contribution in [0.4, 0.5) is 0 Å². The molecule has 2 rings (SSSR count). The number of Topliss-reactive ketones (excluding diaryl/α,β-unsaturated/α-hetero) is 1. The van der Waals surface area contributed by atoms with Gasteiger partial charge in [0.1, 0.15) is 5.78 Å². The van der Waals surface area contributed by atoms with E-state index in [2.05, 4.69) is 6.07 Å². The molecule has 3 heteroatoms. The van der Waals surface area contributed by atoms with Crippen molar-refractivity contribution in [3.05, 3.63) is 0 Å². The lowest BCUT2D eigenvalue weighted by Crippen LogP contribution is -2.51. The zero-order chi connectivity index (χ0) is 11.6. The van der Waals surface area contributed by atoms with Gasteiger partial charge in [-0.15, -0.1) is 0 Å². The molecule has 0 amide bonds. The number of nitriles is 1. The summed E-state index contributed by atoms with van der Waals surface area (Å²) in [5, 5.41) is 20.1. The van der Waals surface area contributed by atoms with Crippen LogP contribution in [0.3, 0.4) is 0 Å². The van der Waals surface area contributed by atoms with E-state index in [9.17, 15) is 15.2 Å². The third-order valence-electron chi connectivity index (χ3n) is 4.45. The van der Waals surface area contributed by atoms with E-state index >= 15 is 0 Å². The lowest BCUT2D eigenvalue weighted by Gasteiger charge is -2.46. The molecule has 1 N–H and O–H groups in total. The van der Waals surface area contributed by atoms with Gasteiger partial charge in [0.25, 0.3) is 0 Å². The molecule has 0 aromatic carbocycles. The topological polar surface area (TPSA) is 61.1 Å². The van der Waals surface area contributed by atoms with Gasteiger partial charge < -0.3 is 5.11 Å². The monoisotopic (exact) mass is 221 g/mol. The van der Waals surface area contributed by atoms with Gasteiger partial charge in [0.05, 0.1) is 17.1 Å². The second kappa shape index (κ2) is 4.18. The van der Waals surface area contributed by atoms with Crippen LogP contribution in [0.5, 0.6) is 0 Å². The molecule has 3 nitrogen and oxygen atoms in total. The largest absolute Gasteiger partial charge is 0.388 e. The van der Waals surface area contributed by atoms with Crippen molar-refractivity contribution in [3.63, 3.8) is 0 Å². The van der Waals surface area contributed by atoms with Crippen LogP contribution in [-0.2, 0) is 4.79 Å². The molecule has 2 aliphatic carbocycles. The Kier molecular flexibility index (Phi) is 3.03. The van der Waals surface area contributed by atoms with Crippen molar-refractivity contribution in [2.75, 3.05) is 0 Å². The number of carbonyl (C=O) groups is 1. The molecule has 16 heavy (non-hydrogen) atoms. The normalized spacial score (nSPS) is 28.4. The smallest absolute Gasteiger partial charge is 0.133 e. The SMILES string of the molecule is N#CC1(C2(O)CCC(=O)CC2)CCCCC1. The lowest BCUT2D eigenvalue weighted by molar-refractivity contribution is -0.135. The van der Waals surface area contributed by atoms with Crippen molar-refractivity contribution < 1.29 is 9.90 Å². The Morgan fingerprint density at radius 1 is 1.06 bits per heavy atom. The molecule has 0 aliphatic heterocycles. The number of rotatable bonds is 1. The van der Waals surface area contributed by atoms with Gasteiger partial charge in [0.2, 0.25) is 0 Å². The van der Waals surface area contributed by atoms with E-state index in [-0.39, 0.29) is 5.78 Å². The molecule has 0 spiro atoms. The first kappa shape index (κ1) is 11.6. The van der Waals surface area contributed by atoms with Crippen LogP contribution in [0.1, 0.15) is 57.8 Å². The van der Waals surface area contributed by atoms with E-state index < -0.39 is 11.0 Å². The highest BCUT2D eigenvalue weighted by atomic mass is 16.3. The number of hydrogen-bond acceptors (Lipinski definition) is 3. The summed E-state index contributed by atoms with van der Waals surface area (Å²) in [6.45, 7) is 0. The summed E-state index contributed by atoms with van der Waals surface area (Å²) in [6.07, 6.45) is 6.69. The Bertz CT molecular complexity index is 313. The van der Waals surface area contributed by atoms with Crippen molar-refractivity contribution >= 4 is 5.78 Å². The molecule has 0 atom stereocenters. The third-order valence-corrected chi connectivity index (χ3v) is 4.45. The quantitative estimate of drug-likeness (QED) is 0.739. The predicted octanol–water partition coefficient (Wildman–Crippen LogP) is 2.33. The highest BCUT2D eigenvalue weighted by Gasteiger charge is 2.52. The molecule has 0 radical (unpaired) electrons. The fourth-order valence-corrected chi connectivity index (χ4v) is 3.26. The van der Waals surface area contributed by atoms with Crippen LogP contribution < -0.4 is 0 Å². The Morgan fingerprint density at radius 3 is 2.12 bits per heavy atom. The van der Waals surface area contributed by atoms with E-state index in [1.54, 1.807) is 0 Å². The molecule has 0 aromatic heterocycles. The van der Waals surface area contributed by atoms with Crippen LogP contribution >= 0.6 is 0 Å². The van der Waals surface area contributed by atoms with Gasteiger partial charge in [-0.25, -0.2) is 0 Å². The maximum absolute atomic E-state index is 11.2. The average Bonchev–Trinajstić information content (AvgIpc) is 2.34. The van der Waals surface area contributed by atoms with Gasteiger partial charge in [0, 0.05) is 12.8 Å². The van der Waals surface area contributed by atoms with E-state index in [4.69, 9.17) is 0 Å². The van der Waals surface area contributed by atoms with Crippen LogP contribution in [0.25, 0.3) is 0 Å². The number of hydrogen-bond donors (Lipinski definition) is 1. The molecule has 2 saturated carbocycles. The van der Waals surface area contributed by atoms with Crippen molar-refractivity contribution in [1.82, 2.24) is 0 Å². The van der Waals surface area contributed by atoms with Crippen molar-refractivity contribution in [2.45, 2.75) is 63.4 Å². The molecule has 0 saturated heterocycles. The molecule has 0 unspecified atom stereocenters. The molecule has 2 aliphatic rings. The molecule has 88 valence electrons. The molecular formula is C13H19NO2. The van der Waals surface area contributed by atoms with Gasteiger partial charge in [-0.2, -0.15) is 5.26 Å². The summed E-state index contributed by atoms with van der Waals surface area (Å²) in [5.41, 5.74) is -1.48. The van der Waals surface area contributed by atoms with Gasteiger partial charge in [-0.1, -0.05) is 19.3 Å². The second-order valence-corrected chi connectivity index (χ2v) is 5.32. The van der Waals surface area contributed by atoms with E-state index in [1.165, 1.54) is 6.42 Å². The minimum Gasteiger partial charge on any atom is -0.388 e. The fourth-order valence-electron chi connectivity index (χ4n) is 3.26. The predicted molar refractivity (Wildman–Crippen MR) is 59.6 cm³/mol. The van der Waals surface area contributed by atoms with Crippen LogP contribution in [0, 0.1) is 16.7 Å². The zero-order valence-corrected chi connectivity index (χ0v) is 9.67. The Balaban J connectivity index is 2.19. The van der Waals surface area contributed by atoms with E-state index in [0.29, 0.717) is 25.7 Å². The van der Waals surface area contributed by atoms with E-state index in [1.807, 2.05) is 0 Å². The zero-order valence-electron chi connectivity index (χ0n) is 9.67. The first-order valence-corrected chi connectivity index (χ1v) is 6.27. The van der Waals surface area contributed by atoms with Gasteiger partial charge in [-0.3, -0.25) is 4.79 Å². The molecule has 0 bridgehead atoms. The number of nitrogens with zero attached hydrogens (tertiary/aromatic N) is 1. The standard InChI is InChI=1S/C13H19NO2/c14-10-12(6-2-1-3-7-12)13(16)8-4-11(15)5-9-13/h16H,1-9H2. The second-order valence-electron chi connectivity index (χ2n) is 5.32. The summed E-state index contributed by atoms with van der Waals surface area (Å²) in [6, 6.07) is 2.38. The van der Waals surface area contributed by atoms with Gasteiger partial charge in [-0.05, 0) is 25.7 Å². The summed E-state index contributed by atoms with van der Waals surface area (Å²) < 4.78 is 0. The Labute approximate surface area is 96.5 Å². The van der Waals surface area contributed by atoms with Crippen molar-refractivity contribution in [2.24, 2.45) is 5.41 Å². The summed E-state index contributed by atoms with van der Waals surface area (Å²) in [4.78, 5) is 11.2. The number of aliphatic hydroxyl groups is 1. The highest BCUT2D eigenvalue weighted by Crippen LogP contribution is 2.50. The minimum absolute atomic E-state index is 0.230. The van der Waals surface area contributed by atoms with Crippen molar-refractivity contribution in [1.29, 1.82) is 5.26 Å². The molecule has 0 heterocycles. The Morgan fingerprint density at radius 2 is 1.62 bits per heavy atom. The Hall–Kier alpha value is -0.880. The number of ketones is 1.